The van der Waals surface area contributed by atoms with Crippen molar-refractivity contribution >= 4 is 23.2 Å². The normalized spacial score (nSPS) is 16.6. The molecule has 174 valence electrons. The van der Waals surface area contributed by atoms with Gasteiger partial charge in [0.15, 0.2) is 11.2 Å². The van der Waals surface area contributed by atoms with Crippen LogP contribution in [0.3, 0.4) is 0 Å². The molecule has 8 nitrogen and oxygen atoms in total. The van der Waals surface area contributed by atoms with E-state index in [4.69, 9.17) is 10.7 Å². The lowest BCUT2D eigenvalue weighted by molar-refractivity contribution is 0.495. The van der Waals surface area contributed by atoms with E-state index in [1.165, 1.54) is 9.13 Å². The minimum atomic E-state index is -0.376. The van der Waals surface area contributed by atoms with Gasteiger partial charge in [-0.2, -0.15) is 4.98 Å². The van der Waals surface area contributed by atoms with E-state index >= 15 is 0 Å². The predicted molar refractivity (Wildman–Crippen MR) is 134 cm³/mol. The standard InChI is InChI=1S/C25H32N6O2/c1-18(2)13-16-30-21-22(27-24(30)29-14-8-12-20(26)17-29)28(3)25(33)31(23(21)32)15-7-11-19-9-5-4-6-10-19/h4-7,9-11,13,20H,8,12,14-17,26H2,1-3H3/b11-7+. The van der Waals surface area contributed by atoms with Gasteiger partial charge in [-0.05, 0) is 32.3 Å². The fourth-order valence-corrected chi connectivity index (χ4v) is 4.26. The van der Waals surface area contributed by atoms with Crippen molar-refractivity contribution in [1.82, 2.24) is 18.7 Å². The zero-order chi connectivity index (χ0) is 23.5. The molecule has 1 aromatic carbocycles. The highest BCUT2D eigenvalue weighted by Crippen LogP contribution is 2.23. The molecule has 0 aliphatic carbocycles. The Labute approximate surface area is 193 Å². The highest BCUT2D eigenvalue weighted by Gasteiger charge is 2.25. The second-order valence-corrected chi connectivity index (χ2v) is 8.89. The molecule has 1 atom stereocenters. The summed E-state index contributed by atoms with van der Waals surface area (Å²) in [6, 6.07) is 9.87. The third kappa shape index (κ3) is 4.71. The number of allylic oxidation sites excluding steroid dienone is 3. The summed E-state index contributed by atoms with van der Waals surface area (Å²) in [7, 11) is 1.67. The molecular weight excluding hydrogens is 416 g/mol. The first-order valence-corrected chi connectivity index (χ1v) is 11.4. The van der Waals surface area contributed by atoms with Crippen LogP contribution in [0.2, 0.25) is 0 Å². The van der Waals surface area contributed by atoms with E-state index in [0.29, 0.717) is 30.2 Å². The summed E-state index contributed by atoms with van der Waals surface area (Å²) in [4.78, 5) is 33.5. The first-order chi connectivity index (χ1) is 15.9. The lowest BCUT2D eigenvalue weighted by Crippen LogP contribution is -2.44. The van der Waals surface area contributed by atoms with Crippen molar-refractivity contribution in [1.29, 1.82) is 0 Å². The maximum Gasteiger partial charge on any atom is 0.332 e. The van der Waals surface area contributed by atoms with E-state index in [9.17, 15) is 9.59 Å². The van der Waals surface area contributed by atoms with E-state index in [2.05, 4.69) is 11.0 Å². The third-order valence-electron chi connectivity index (χ3n) is 6.03. The molecule has 1 aliphatic heterocycles. The maximum atomic E-state index is 13.6. The van der Waals surface area contributed by atoms with Gasteiger partial charge in [-0.15, -0.1) is 0 Å². The number of hydrogen-bond donors (Lipinski definition) is 1. The molecule has 1 fully saturated rings. The van der Waals surface area contributed by atoms with Crippen molar-refractivity contribution < 1.29 is 0 Å². The third-order valence-corrected chi connectivity index (χ3v) is 6.03. The summed E-state index contributed by atoms with van der Waals surface area (Å²) in [5.74, 6) is 0.697. The van der Waals surface area contributed by atoms with E-state index in [1.807, 2.05) is 60.9 Å². The molecule has 0 amide bonds. The van der Waals surface area contributed by atoms with Crippen LogP contribution in [0.15, 0.2) is 57.6 Å². The van der Waals surface area contributed by atoms with Crippen LogP contribution in [0.1, 0.15) is 32.3 Å². The minimum Gasteiger partial charge on any atom is -0.341 e. The molecule has 4 rings (SSSR count). The lowest BCUT2D eigenvalue weighted by atomic mass is 10.1. The van der Waals surface area contributed by atoms with Gasteiger partial charge in [0.2, 0.25) is 5.95 Å². The van der Waals surface area contributed by atoms with E-state index in [-0.39, 0.29) is 23.8 Å². The summed E-state index contributed by atoms with van der Waals surface area (Å²) in [6.07, 6.45) is 7.77. The Morgan fingerprint density at radius 3 is 2.61 bits per heavy atom. The van der Waals surface area contributed by atoms with E-state index in [1.54, 1.807) is 7.05 Å². The number of fused-ring (bicyclic) bond motifs is 1. The molecule has 1 saturated heterocycles. The van der Waals surface area contributed by atoms with Gasteiger partial charge in [0.1, 0.15) is 0 Å². The number of piperidine rings is 1. The van der Waals surface area contributed by atoms with Gasteiger partial charge >= 0.3 is 5.69 Å². The number of hydrogen-bond acceptors (Lipinski definition) is 5. The van der Waals surface area contributed by atoms with Gasteiger partial charge in [-0.25, -0.2) is 4.79 Å². The SMILES string of the molecule is CC(C)=CCn1c(N2CCCC(N)C2)nc2c1c(=O)n(C/C=C/c1ccccc1)c(=O)n2C. The summed E-state index contributed by atoms with van der Waals surface area (Å²) in [5, 5.41) is 0. The van der Waals surface area contributed by atoms with Gasteiger partial charge in [0.05, 0.1) is 0 Å². The van der Waals surface area contributed by atoms with Crippen molar-refractivity contribution in [2.24, 2.45) is 12.8 Å². The van der Waals surface area contributed by atoms with Crippen LogP contribution in [-0.2, 0) is 20.1 Å². The van der Waals surface area contributed by atoms with Crippen LogP contribution in [0, 0.1) is 0 Å². The highest BCUT2D eigenvalue weighted by molar-refractivity contribution is 5.74. The van der Waals surface area contributed by atoms with Crippen LogP contribution in [0.25, 0.3) is 17.2 Å². The molecular formula is C25H32N6O2. The number of nitrogens with zero attached hydrogens (tertiary/aromatic N) is 5. The smallest absolute Gasteiger partial charge is 0.332 e. The number of aryl methyl sites for hydroxylation is 1. The molecule has 3 heterocycles. The van der Waals surface area contributed by atoms with Gasteiger partial charge in [-0.3, -0.25) is 13.9 Å². The zero-order valence-electron chi connectivity index (χ0n) is 19.6. The zero-order valence-corrected chi connectivity index (χ0v) is 19.6. The molecule has 2 aromatic heterocycles. The van der Waals surface area contributed by atoms with E-state index < -0.39 is 0 Å². The molecule has 0 saturated carbocycles. The monoisotopic (exact) mass is 448 g/mol. The first kappa shape index (κ1) is 22.8. The second kappa shape index (κ2) is 9.62. The van der Waals surface area contributed by atoms with Crippen molar-refractivity contribution in [2.45, 2.75) is 45.8 Å². The summed E-state index contributed by atoms with van der Waals surface area (Å²) in [6.45, 7) is 6.26. The highest BCUT2D eigenvalue weighted by atomic mass is 16.2. The van der Waals surface area contributed by atoms with Gasteiger partial charge in [0, 0.05) is 39.3 Å². The van der Waals surface area contributed by atoms with Gasteiger partial charge < -0.3 is 15.2 Å². The van der Waals surface area contributed by atoms with Crippen LogP contribution in [0.4, 0.5) is 5.95 Å². The van der Waals surface area contributed by atoms with Gasteiger partial charge in [0.25, 0.3) is 5.56 Å². The lowest BCUT2D eigenvalue weighted by Gasteiger charge is -2.31. The summed E-state index contributed by atoms with van der Waals surface area (Å²) in [5.41, 5.74) is 8.53. The Balaban J connectivity index is 1.83. The van der Waals surface area contributed by atoms with Gasteiger partial charge in [-0.1, -0.05) is 54.1 Å². The molecule has 8 heteroatoms. The average molecular weight is 449 g/mol. The van der Waals surface area contributed by atoms with Crippen LogP contribution < -0.4 is 21.9 Å². The largest absolute Gasteiger partial charge is 0.341 e. The number of anilines is 1. The maximum absolute atomic E-state index is 13.6. The molecule has 2 N–H and O–H groups in total. The molecule has 3 aromatic rings. The number of benzene rings is 1. The molecule has 0 bridgehead atoms. The quantitative estimate of drug-likeness (QED) is 0.585. The van der Waals surface area contributed by atoms with Crippen molar-refractivity contribution in [2.75, 3.05) is 18.0 Å². The minimum absolute atomic E-state index is 0.0686. The predicted octanol–water partition coefficient (Wildman–Crippen LogP) is 2.50. The molecule has 33 heavy (non-hydrogen) atoms. The van der Waals surface area contributed by atoms with E-state index in [0.717, 1.165) is 30.5 Å². The Morgan fingerprint density at radius 1 is 1.15 bits per heavy atom. The Kier molecular flexibility index (Phi) is 6.65. The fourth-order valence-electron chi connectivity index (χ4n) is 4.26. The second-order valence-electron chi connectivity index (χ2n) is 8.89. The number of imidazole rings is 1. The molecule has 0 radical (unpaired) electrons. The summed E-state index contributed by atoms with van der Waals surface area (Å²) >= 11 is 0. The Morgan fingerprint density at radius 2 is 1.91 bits per heavy atom. The van der Waals surface area contributed by atoms with Crippen molar-refractivity contribution in [3.63, 3.8) is 0 Å². The number of aromatic nitrogens is 4. The first-order valence-electron chi connectivity index (χ1n) is 11.4. The number of rotatable bonds is 6. The number of nitrogens with two attached hydrogens (primary N) is 1. The van der Waals surface area contributed by atoms with Crippen LogP contribution in [0.5, 0.6) is 0 Å². The Hall–Kier alpha value is -3.39. The van der Waals surface area contributed by atoms with Crippen LogP contribution >= 0.6 is 0 Å². The van der Waals surface area contributed by atoms with Crippen molar-refractivity contribution in [3.8, 4) is 0 Å². The molecule has 0 spiro atoms. The average Bonchev–Trinajstić information content (AvgIpc) is 3.19. The Bertz CT molecular complexity index is 1310. The fraction of sp³-hybridized carbons (Fsp3) is 0.400. The van der Waals surface area contributed by atoms with Crippen LogP contribution in [-0.4, -0.2) is 37.8 Å². The van der Waals surface area contributed by atoms with Crippen molar-refractivity contribution in [3.05, 3.63) is 74.5 Å². The topological polar surface area (TPSA) is 91.1 Å². The summed E-state index contributed by atoms with van der Waals surface area (Å²) < 4.78 is 4.67. The molecule has 1 aliphatic rings. The molecule has 1 unspecified atom stereocenters.